The second kappa shape index (κ2) is 12.3. The van der Waals surface area contributed by atoms with Crippen LogP contribution in [0.4, 0.5) is 0 Å². The molecule has 6 nitrogen and oxygen atoms in total. The lowest BCUT2D eigenvalue weighted by molar-refractivity contribution is -0.139. The summed E-state index contributed by atoms with van der Waals surface area (Å²) in [5.41, 5.74) is 2.37. The molecule has 168 valence electrons. The Balaban J connectivity index is 1.57. The van der Waals surface area contributed by atoms with Gasteiger partial charge in [-0.25, -0.2) is 0 Å². The molecule has 0 bridgehead atoms. The van der Waals surface area contributed by atoms with Crippen LogP contribution >= 0.6 is 0 Å². The maximum Gasteiger partial charge on any atom is 0.305 e. The zero-order valence-electron chi connectivity index (χ0n) is 18.3. The van der Waals surface area contributed by atoms with Crippen molar-refractivity contribution in [3.8, 4) is 11.5 Å². The number of carboxylic acids is 1. The average Bonchev–Trinajstić information content (AvgIpc) is 3.29. The molecule has 1 atom stereocenters. The molecule has 0 saturated carbocycles. The Labute approximate surface area is 184 Å². The van der Waals surface area contributed by atoms with Gasteiger partial charge in [0.1, 0.15) is 24.2 Å². The third kappa shape index (κ3) is 7.89. The number of nitrogens with zero attached hydrogens (tertiary/aromatic N) is 1. The van der Waals surface area contributed by atoms with Crippen molar-refractivity contribution in [2.75, 3.05) is 40.0 Å². The number of rotatable bonds is 13. The predicted octanol–water partition coefficient (Wildman–Crippen LogP) is 3.81. The van der Waals surface area contributed by atoms with Gasteiger partial charge < -0.3 is 24.2 Å². The van der Waals surface area contributed by atoms with Crippen LogP contribution in [0.15, 0.2) is 48.5 Å². The fourth-order valence-electron chi connectivity index (χ4n) is 3.86. The number of carbonyl (C=O) groups is 1. The number of likely N-dealkylation sites (tertiary alicyclic amines) is 1. The van der Waals surface area contributed by atoms with Gasteiger partial charge in [0, 0.05) is 6.54 Å². The number of methoxy groups -OCH3 is 1. The van der Waals surface area contributed by atoms with Crippen molar-refractivity contribution >= 4 is 5.97 Å². The number of para-hydroxylation sites is 1. The van der Waals surface area contributed by atoms with E-state index in [0.717, 1.165) is 49.5 Å². The van der Waals surface area contributed by atoms with E-state index in [1.165, 1.54) is 18.4 Å². The fraction of sp³-hybridized carbons (Fsp3) is 0.480. The maximum atomic E-state index is 10.8. The van der Waals surface area contributed by atoms with Crippen LogP contribution < -0.4 is 9.47 Å². The lowest BCUT2D eigenvalue weighted by Gasteiger charge is -2.24. The molecular weight excluding hydrogens is 394 g/mol. The summed E-state index contributed by atoms with van der Waals surface area (Å²) < 4.78 is 17.4. The highest BCUT2D eigenvalue weighted by Gasteiger charge is 2.19. The Morgan fingerprint density at radius 1 is 1.10 bits per heavy atom. The van der Waals surface area contributed by atoms with E-state index in [-0.39, 0.29) is 19.1 Å². The minimum atomic E-state index is -0.844. The van der Waals surface area contributed by atoms with E-state index in [2.05, 4.69) is 23.1 Å². The zero-order chi connectivity index (χ0) is 21.9. The van der Waals surface area contributed by atoms with Crippen molar-refractivity contribution in [2.45, 2.75) is 38.2 Å². The zero-order valence-corrected chi connectivity index (χ0v) is 18.3. The molecule has 0 radical (unpaired) electrons. The Morgan fingerprint density at radius 2 is 1.90 bits per heavy atom. The van der Waals surface area contributed by atoms with Crippen molar-refractivity contribution in [3.05, 3.63) is 59.7 Å². The number of aryl methyl sites for hydroxylation is 2. The molecule has 0 amide bonds. The summed E-state index contributed by atoms with van der Waals surface area (Å²) in [5, 5.41) is 8.91. The van der Waals surface area contributed by atoms with Crippen molar-refractivity contribution in [1.82, 2.24) is 4.90 Å². The molecule has 1 N–H and O–H groups in total. The summed E-state index contributed by atoms with van der Waals surface area (Å²) in [5.74, 6) is 0.882. The van der Waals surface area contributed by atoms with Crippen LogP contribution in [0, 0.1) is 0 Å². The Bertz CT molecular complexity index is 819. The summed E-state index contributed by atoms with van der Waals surface area (Å²) in [6.07, 6.45) is 4.02. The number of carboxylic acid groups (broad SMARTS) is 1. The number of aliphatic carboxylic acids is 1. The molecule has 0 aliphatic carbocycles. The quantitative estimate of drug-likeness (QED) is 0.524. The normalized spacial score (nSPS) is 15.0. The van der Waals surface area contributed by atoms with Crippen LogP contribution in [0.1, 0.15) is 30.4 Å². The number of ether oxygens (including phenoxy) is 3. The Hall–Kier alpha value is -2.57. The van der Waals surface area contributed by atoms with Crippen molar-refractivity contribution in [3.63, 3.8) is 0 Å². The summed E-state index contributed by atoms with van der Waals surface area (Å²) in [7, 11) is 1.68. The van der Waals surface area contributed by atoms with Crippen LogP contribution in [-0.4, -0.2) is 62.0 Å². The highest BCUT2D eigenvalue weighted by Crippen LogP contribution is 2.22. The van der Waals surface area contributed by atoms with Gasteiger partial charge in [-0.3, -0.25) is 4.79 Å². The number of hydrogen-bond acceptors (Lipinski definition) is 5. The highest BCUT2D eigenvalue weighted by atomic mass is 16.5. The van der Waals surface area contributed by atoms with E-state index in [4.69, 9.17) is 19.3 Å². The molecule has 6 heteroatoms. The first-order valence-corrected chi connectivity index (χ1v) is 11.0. The van der Waals surface area contributed by atoms with Crippen LogP contribution in [0.3, 0.4) is 0 Å². The number of hydrogen-bond donors (Lipinski definition) is 1. The van der Waals surface area contributed by atoms with Gasteiger partial charge in [-0.15, -0.1) is 0 Å². The van der Waals surface area contributed by atoms with Crippen molar-refractivity contribution in [2.24, 2.45) is 0 Å². The molecule has 1 aliphatic rings. The van der Waals surface area contributed by atoms with Gasteiger partial charge in [-0.2, -0.15) is 0 Å². The highest BCUT2D eigenvalue weighted by molar-refractivity contribution is 5.66. The molecule has 0 aromatic heterocycles. The molecule has 2 aromatic rings. The first-order valence-electron chi connectivity index (χ1n) is 11.0. The summed E-state index contributed by atoms with van der Waals surface area (Å²) in [6.45, 7) is 3.51. The Morgan fingerprint density at radius 3 is 2.68 bits per heavy atom. The molecule has 1 unspecified atom stereocenters. The van der Waals surface area contributed by atoms with Gasteiger partial charge in [0.15, 0.2) is 0 Å². The van der Waals surface area contributed by atoms with Crippen molar-refractivity contribution in [1.29, 1.82) is 0 Å². The Kier molecular flexibility index (Phi) is 9.18. The topological polar surface area (TPSA) is 68.2 Å². The van der Waals surface area contributed by atoms with Gasteiger partial charge >= 0.3 is 5.97 Å². The summed E-state index contributed by atoms with van der Waals surface area (Å²) in [4.78, 5) is 13.2. The minimum Gasteiger partial charge on any atom is -0.497 e. The first-order chi connectivity index (χ1) is 15.1. The summed E-state index contributed by atoms with van der Waals surface area (Å²) >= 11 is 0. The van der Waals surface area contributed by atoms with Crippen LogP contribution in [0.2, 0.25) is 0 Å². The van der Waals surface area contributed by atoms with E-state index in [0.29, 0.717) is 6.61 Å². The fourth-order valence-corrected chi connectivity index (χ4v) is 3.86. The monoisotopic (exact) mass is 427 g/mol. The molecular formula is C25H33NO5. The summed E-state index contributed by atoms with van der Waals surface area (Å²) in [6, 6.07) is 16.2. The lowest BCUT2D eigenvalue weighted by Crippen LogP contribution is -2.36. The van der Waals surface area contributed by atoms with Crippen LogP contribution in [0.25, 0.3) is 0 Å². The molecule has 1 aliphatic heterocycles. The van der Waals surface area contributed by atoms with E-state index in [1.54, 1.807) is 7.11 Å². The largest absolute Gasteiger partial charge is 0.497 e. The van der Waals surface area contributed by atoms with E-state index >= 15 is 0 Å². The molecule has 1 saturated heterocycles. The van der Waals surface area contributed by atoms with E-state index in [9.17, 15) is 4.79 Å². The molecule has 1 heterocycles. The second-order valence-corrected chi connectivity index (χ2v) is 7.91. The second-order valence-electron chi connectivity index (χ2n) is 7.91. The number of benzene rings is 2. The van der Waals surface area contributed by atoms with Gasteiger partial charge in [0.05, 0.1) is 20.1 Å². The third-order valence-corrected chi connectivity index (χ3v) is 5.54. The molecule has 3 rings (SSSR count). The first kappa shape index (κ1) is 23.1. The van der Waals surface area contributed by atoms with Crippen LogP contribution in [-0.2, 0) is 22.4 Å². The minimum absolute atomic E-state index is 0.00756. The smallest absolute Gasteiger partial charge is 0.305 e. The van der Waals surface area contributed by atoms with Crippen LogP contribution in [0.5, 0.6) is 11.5 Å². The average molecular weight is 428 g/mol. The molecule has 2 aromatic carbocycles. The SMILES string of the molecule is COc1cccc(CCc2ccccc2OCC(CN2CCCC2)OCCC(=O)O)c1. The standard InChI is InChI=1S/C25H33NO5/c1-29-22-9-6-7-20(17-22)11-12-21-8-2-3-10-24(21)31-19-23(30-16-13-25(27)28)18-26-14-4-5-15-26/h2-3,6-10,17,23H,4-5,11-16,18-19H2,1H3,(H,27,28). The van der Waals surface area contributed by atoms with Gasteiger partial charge in [-0.1, -0.05) is 30.3 Å². The van der Waals surface area contributed by atoms with Crippen molar-refractivity contribution < 1.29 is 24.1 Å². The maximum absolute atomic E-state index is 10.8. The van der Waals surface area contributed by atoms with Gasteiger partial charge in [0.25, 0.3) is 0 Å². The van der Waals surface area contributed by atoms with E-state index in [1.807, 2.05) is 30.3 Å². The molecule has 1 fully saturated rings. The molecule has 31 heavy (non-hydrogen) atoms. The predicted molar refractivity (Wildman–Crippen MR) is 120 cm³/mol. The lowest BCUT2D eigenvalue weighted by atomic mass is 10.0. The van der Waals surface area contributed by atoms with Gasteiger partial charge in [0.2, 0.25) is 0 Å². The van der Waals surface area contributed by atoms with E-state index < -0.39 is 5.97 Å². The third-order valence-electron chi connectivity index (χ3n) is 5.54. The molecule has 0 spiro atoms. The van der Waals surface area contributed by atoms with Gasteiger partial charge in [-0.05, 0) is 68.1 Å².